The number of rotatable bonds is 2. The van der Waals surface area contributed by atoms with E-state index in [1.165, 1.54) is 29.2 Å². The molecule has 6 heteroatoms. The molecule has 1 unspecified atom stereocenters. The fourth-order valence-corrected chi connectivity index (χ4v) is 4.10. The van der Waals surface area contributed by atoms with E-state index in [1.54, 1.807) is 12.1 Å². The van der Waals surface area contributed by atoms with Crippen LogP contribution in [-0.4, -0.2) is 11.0 Å². The quantitative estimate of drug-likeness (QED) is 0.500. The predicted molar refractivity (Wildman–Crippen MR) is 115 cm³/mol. The molecular weight excluding hydrogens is 397 g/mol. The molecule has 1 N–H and O–H groups in total. The summed E-state index contributed by atoms with van der Waals surface area (Å²) in [5.74, 6) is -1.09. The van der Waals surface area contributed by atoms with Crippen LogP contribution in [0.3, 0.4) is 0 Å². The number of hydrogen-bond acceptors (Lipinski definition) is 4. The molecule has 2 heterocycles. The van der Waals surface area contributed by atoms with E-state index in [4.69, 9.17) is 4.42 Å². The Morgan fingerprint density at radius 1 is 0.968 bits per heavy atom. The summed E-state index contributed by atoms with van der Waals surface area (Å²) in [6.45, 7) is 3.91. The number of aromatic hydroxyl groups is 1. The molecule has 0 aliphatic carbocycles. The van der Waals surface area contributed by atoms with Crippen molar-refractivity contribution in [3.05, 3.63) is 105 Å². The third kappa shape index (κ3) is 2.91. The first kappa shape index (κ1) is 19.1. The third-order valence-corrected chi connectivity index (χ3v) is 5.79. The molecule has 31 heavy (non-hydrogen) atoms. The zero-order valence-electron chi connectivity index (χ0n) is 16.8. The molecule has 1 atom stereocenters. The van der Waals surface area contributed by atoms with Gasteiger partial charge in [0.15, 0.2) is 5.43 Å². The van der Waals surface area contributed by atoms with Gasteiger partial charge in [0.1, 0.15) is 17.1 Å². The van der Waals surface area contributed by atoms with E-state index < -0.39 is 23.2 Å². The van der Waals surface area contributed by atoms with E-state index in [9.17, 15) is 19.1 Å². The number of amides is 1. The van der Waals surface area contributed by atoms with Crippen LogP contribution >= 0.6 is 0 Å². The number of phenolic OH excluding ortho intramolecular Hbond substituents is 1. The molecule has 5 nitrogen and oxygen atoms in total. The average molecular weight is 415 g/mol. The van der Waals surface area contributed by atoms with Crippen LogP contribution < -0.4 is 10.3 Å². The van der Waals surface area contributed by atoms with E-state index in [-0.39, 0.29) is 28.0 Å². The summed E-state index contributed by atoms with van der Waals surface area (Å²) in [6, 6.07) is 14.8. The van der Waals surface area contributed by atoms with Gasteiger partial charge in [-0.15, -0.1) is 0 Å². The molecule has 0 spiro atoms. The van der Waals surface area contributed by atoms with Crippen molar-refractivity contribution < 1.29 is 18.7 Å². The zero-order chi connectivity index (χ0) is 21.9. The lowest BCUT2D eigenvalue weighted by Crippen LogP contribution is -2.29. The van der Waals surface area contributed by atoms with Gasteiger partial charge < -0.3 is 9.52 Å². The Hall–Kier alpha value is -3.93. The highest BCUT2D eigenvalue weighted by Crippen LogP contribution is 2.42. The summed E-state index contributed by atoms with van der Waals surface area (Å²) in [5.41, 5.74) is 3.02. The molecular formula is C25H18FNO4. The number of fused-ring (bicyclic) bond motifs is 2. The Balaban J connectivity index is 1.83. The number of halogens is 1. The fourth-order valence-electron chi connectivity index (χ4n) is 4.10. The molecule has 0 saturated carbocycles. The number of benzene rings is 3. The van der Waals surface area contributed by atoms with Crippen LogP contribution in [0.1, 0.15) is 38.9 Å². The van der Waals surface area contributed by atoms with Crippen molar-refractivity contribution in [3.8, 4) is 5.75 Å². The highest BCUT2D eigenvalue weighted by molar-refractivity contribution is 6.10. The first-order valence-corrected chi connectivity index (χ1v) is 9.81. The van der Waals surface area contributed by atoms with Crippen molar-refractivity contribution in [2.75, 3.05) is 4.90 Å². The van der Waals surface area contributed by atoms with Gasteiger partial charge in [0, 0.05) is 5.69 Å². The van der Waals surface area contributed by atoms with Gasteiger partial charge in [0.2, 0.25) is 5.76 Å². The lowest BCUT2D eigenvalue weighted by molar-refractivity contribution is 0.0971. The Kier molecular flexibility index (Phi) is 4.18. The van der Waals surface area contributed by atoms with Gasteiger partial charge in [-0.1, -0.05) is 18.2 Å². The summed E-state index contributed by atoms with van der Waals surface area (Å²) in [7, 11) is 0. The van der Waals surface area contributed by atoms with Gasteiger partial charge in [-0.3, -0.25) is 14.5 Å². The second-order valence-electron chi connectivity index (χ2n) is 7.76. The molecule has 0 saturated heterocycles. The number of anilines is 1. The number of phenols is 1. The minimum Gasteiger partial charge on any atom is -0.508 e. The van der Waals surface area contributed by atoms with Crippen LogP contribution in [0.25, 0.3) is 11.0 Å². The number of carbonyl (C=O) groups is 1. The standard InChI is InChI=1S/C25H18FNO4/c1-13-6-8-17(10-14(13)2)27-22(15-4-3-5-18(28)11-15)21-23(29)19-12-16(26)7-9-20(19)31-24(21)25(27)30/h3-12,22,28H,1-2H3. The van der Waals surface area contributed by atoms with Crippen molar-refractivity contribution in [2.24, 2.45) is 0 Å². The molecule has 0 fully saturated rings. The van der Waals surface area contributed by atoms with Crippen LogP contribution in [0.15, 0.2) is 69.9 Å². The Morgan fingerprint density at radius 2 is 1.77 bits per heavy atom. The van der Waals surface area contributed by atoms with Gasteiger partial charge in [0.25, 0.3) is 5.91 Å². The maximum atomic E-state index is 13.9. The number of hydrogen-bond donors (Lipinski definition) is 1. The largest absolute Gasteiger partial charge is 0.508 e. The zero-order valence-corrected chi connectivity index (χ0v) is 16.8. The predicted octanol–water partition coefficient (Wildman–Crippen LogP) is 5.00. The van der Waals surface area contributed by atoms with Crippen molar-refractivity contribution in [3.63, 3.8) is 0 Å². The number of nitrogens with zero attached hydrogens (tertiary/aromatic N) is 1. The van der Waals surface area contributed by atoms with Crippen molar-refractivity contribution in [2.45, 2.75) is 19.9 Å². The summed E-state index contributed by atoms with van der Waals surface area (Å²) >= 11 is 0. The van der Waals surface area contributed by atoms with Crippen LogP contribution in [-0.2, 0) is 0 Å². The lowest BCUT2D eigenvalue weighted by atomic mass is 9.97. The van der Waals surface area contributed by atoms with Gasteiger partial charge >= 0.3 is 0 Å². The topological polar surface area (TPSA) is 70.8 Å². The summed E-state index contributed by atoms with van der Waals surface area (Å²) in [4.78, 5) is 28.4. The molecule has 154 valence electrons. The molecule has 5 rings (SSSR count). The molecule has 0 bridgehead atoms. The van der Waals surface area contributed by atoms with E-state index in [0.29, 0.717) is 11.3 Å². The summed E-state index contributed by atoms with van der Waals surface area (Å²) in [6.07, 6.45) is 0. The molecule has 4 aromatic rings. The third-order valence-electron chi connectivity index (χ3n) is 5.79. The smallest absolute Gasteiger partial charge is 0.295 e. The van der Waals surface area contributed by atoms with Crippen LogP contribution in [0.5, 0.6) is 5.75 Å². The molecule has 1 aliphatic heterocycles. The second-order valence-corrected chi connectivity index (χ2v) is 7.76. The normalized spacial score (nSPS) is 15.5. The van der Waals surface area contributed by atoms with Gasteiger partial charge in [-0.05, 0) is 73.0 Å². The SMILES string of the molecule is Cc1ccc(N2C(=O)c3oc4ccc(F)cc4c(=O)c3C2c2cccc(O)c2)cc1C. The molecule has 1 amide bonds. The highest BCUT2D eigenvalue weighted by atomic mass is 19.1. The second kappa shape index (κ2) is 6.80. The Morgan fingerprint density at radius 3 is 2.52 bits per heavy atom. The van der Waals surface area contributed by atoms with Crippen LogP contribution in [0.2, 0.25) is 0 Å². The molecule has 1 aliphatic rings. The van der Waals surface area contributed by atoms with Gasteiger partial charge in [0.05, 0.1) is 17.0 Å². The maximum absolute atomic E-state index is 13.9. The van der Waals surface area contributed by atoms with E-state index in [2.05, 4.69) is 0 Å². The molecule has 3 aromatic carbocycles. The fraction of sp³-hybridized carbons (Fsp3) is 0.120. The monoisotopic (exact) mass is 415 g/mol. The van der Waals surface area contributed by atoms with E-state index in [0.717, 1.165) is 17.2 Å². The van der Waals surface area contributed by atoms with E-state index in [1.807, 2.05) is 32.0 Å². The number of carbonyl (C=O) groups excluding carboxylic acids is 1. The Bertz CT molecular complexity index is 1440. The van der Waals surface area contributed by atoms with Gasteiger partial charge in [-0.2, -0.15) is 0 Å². The first-order valence-electron chi connectivity index (χ1n) is 9.81. The van der Waals surface area contributed by atoms with Crippen molar-refractivity contribution in [1.29, 1.82) is 0 Å². The lowest BCUT2D eigenvalue weighted by Gasteiger charge is -2.26. The molecule has 0 radical (unpaired) electrons. The Labute approximate surface area is 177 Å². The van der Waals surface area contributed by atoms with Crippen LogP contribution in [0, 0.1) is 19.7 Å². The minimum absolute atomic E-state index is 0.00894. The van der Waals surface area contributed by atoms with Gasteiger partial charge in [-0.25, -0.2) is 4.39 Å². The van der Waals surface area contributed by atoms with Crippen LogP contribution in [0.4, 0.5) is 10.1 Å². The highest BCUT2D eigenvalue weighted by Gasteiger charge is 2.43. The molecule has 1 aromatic heterocycles. The van der Waals surface area contributed by atoms with Crippen molar-refractivity contribution in [1.82, 2.24) is 0 Å². The summed E-state index contributed by atoms with van der Waals surface area (Å²) in [5, 5.41) is 10.1. The number of aryl methyl sites for hydroxylation is 2. The van der Waals surface area contributed by atoms with E-state index >= 15 is 0 Å². The summed E-state index contributed by atoms with van der Waals surface area (Å²) < 4.78 is 19.7. The minimum atomic E-state index is -0.819. The maximum Gasteiger partial charge on any atom is 0.295 e. The first-order chi connectivity index (χ1) is 14.8. The van der Waals surface area contributed by atoms with Crippen molar-refractivity contribution >= 4 is 22.6 Å². The average Bonchev–Trinajstić information content (AvgIpc) is 3.03.